The number of nitrogens with two attached hydrogens (primary N) is 1. The van der Waals surface area contributed by atoms with Crippen LogP contribution >= 0.6 is 0 Å². The van der Waals surface area contributed by atoms with Gasteiger partial charge in [-0.1, -0.05) is 13.3 Å². The molecule has 1 saturated heterocycles. The zero-order valence-electron chi connectivity index (χ0n) is 24.1. The number of methoxy groups -OCH3 is 1. The minimum absolute atomic E-state index is 0. The van der Waals surface area contributed by atoms with Gasteiger partial charge in [-0.2, -0.15) is 0 Å². The Morgan fingerprint density at radius 3 is 1.67 bits per heavy atom. The molecule has 1 aromatic heterocycles. The van der Waals surface area contributed by atoms with Crippen molar-refractivity contribution in [3.63, 3.8) is 0 Å². The van der Waals surface area contributed by atoms with Crippen molar-refractivity contribution >= 4 is 22.6 Å². The first-order chi connectivity index (χ1) is 23.3. The predicted octanol–water partition coefficient (Wildman–Crippen LogP) is 10.4. The van der Waals surface area contributed by atoms with Crippen molar-refractivity contribution in [1.82, 2.24) is 4.57 Å². The fourth-order valence-corrected chi connectivity index (χ4v) is 4.54. The minimum atomic E-state index is -1.44. The van der Waals surface area contributed by atoms with Crippen molar-refractivity contribution in [2.75, 3.05) is 25.1 Å². The lowest BCUT2D eigenvalue weighted by Crippen LogP contribution is -2.30. The van der Waals surface area contributed by atoms with E-state index in [0.717, 1.165) is 25.1 Å². The number of ether oxygens (including phenoxy) is 1. The van der Waals surface area contributed by atoms with Gasteiger partial charge in [-0.15, -0.1) is 0 Å². The third-order valence-electron chi connectivity index (χ3n) is 6.14. The molecule has 3 N–H and O–H groups in total. The monoisotopic (exact) mass is 783 g/mol. The maximum absolute atomic E-state index is 15.3. The molecule has 0 unspecified atom stereocenters. The summed E-state index contributed by atoms with van der Waals surface area (Å²) in [6.07, 6.45) is 2.04. The van der Waals surface area contributed by atoms with Crippen LogP contribution in [0.1, 0.15) is 42.6 Å². The normalized spacial score (nSPS) is 16.8. The van der Waals surface area contributed by atoms with Crippen LogP contribution < -0.4 is 20.8 Å². The molecule has 0 amide bonds. The Bertz CT molecular complexity index is 1110. The smallest absolute Gasteiger partial charge is 0.341 e. The third-order valence-corrected chi connectivity index (χ3v) is 6.14. The first kappa shape index (κ1) is 60.3. The van der Waals surface area contributed by atoms with E-state index in [-0.39, 0.29) is 45.4 Å². The van der Waals surface area contributed by atoms with Crippen LogP contribution in [0.15, 0.2) is 17.1 Å². The zero-order chi connectivity index (χ0) is 39.7. The van der Waals surface area contributed by atoms with Crippen LogP contribution in [0.4, 0.5) is 102 Å². The summed E-state index contributed by atoms with van der Waals surface area (Å²) >= 11 is 0. The molecule has 1 saturated carbocycles. The van der Waals surface area contributed by atoms with Crippen LogP contribution in [-0.4, -0.2) is 48.1 Å². The summed E-state index contributed by atoms with van der Waals surface area (Å²) in [5.41, 5.74) is 5.29. The highest BCUT2D eigenvalue weighted by Gasteiger charge is 2.42. The van der Waals surface area contributed by atoms with Gasteiger partial charge in [0.05, 0.1) is 24.1 Å². The van der Waals surface area contributed by atoms with Gasteiger partial charge >= 0.3 is 5.97 Å². The van der Waals surface area contributed by atoms with Crippen LogP contribution in [0.2, 0.25) is 0 Å². The second kappa shape index (κ2) is 38.4. The topological polar surface area (TPSA) is 97.8 Å². The number of nitrogens with zero attached hydrogens (tertiary/aromatic N) is 2. The van der Waals surface area contributed by atoms with Crippen LogP contribution in [0.25, 0.3) is 10.9 Å². The average molecular weight is 783 g/mol. The van der Waals surface area contributed by atoms with Gasteiger partial charge in [-0.25, -0.2) is 13.6 Å². The molecule has 7 nitrogen and oxygen atoms in total. The van der Waals surface area contributed by atoms with Crippen molar-refractivity contribution < 1.29 is 110 Å². The minimum Gasteiger partial charge on any atom is -0.492 e. The number of carboxylic acids is 1. The highest BCUT2D eigenvalue weighted by atomic mass is 20.0. The summed E-state index contributed by atoms with van der Waals surface area (Å²) in [5.74, 6) is -1.84. The zero-order valence-corrected chi connectivity index (χ0v) is 24.1. The molecule has 2 heterocycles. The SMILES string of the molecule is CCC[C@H]1CN(c2c(F)cc3c(=O)c(C(=O)O)cn([C@@H]4C[C@@H]4F)c3c2OC)C[C@H]1N.F.FF.FF.FF.FF.FF.FF.FF.FF.FF. The number of aromatic carboxylic acids is 1. The summed E-state index contributed by atoms with van der Waals surface area (Å²) in [5, 5.41) is 9.26. The predicted molar refractivity (Wildman–Crippen MR) is 131 cm³/mol. The average Bonchev–Trinajstić information content (AvgIpc) is 3.79. The summed E-state index contributed by atoms with van der Waals surface area (Å²) in [7, 11) is 1.36. The van der Waals surface area contributed by atoms with Crippen LogP contribution in [0.5, 0.6) is 5.75 Å². The number of hydrogen-bond acceptors (Lipinski definition) is 5. The molecule has 1 aliphatic heterocycles. The van der Waals surface area contributed by atoms with E-state index in [4.69, 9.17) is 92.8 Å². The summed E-state index contributed by atoms with van der Waals surface area (Å²) in [4.78, 5) is 26.1. The van der Waals surface area contributed by atoms with E-state index in [9.17, 15) is 19.1 Å². The number of carbonyl (C=O) groups is 1. The van der Waals surface area contributed by atoms with Gasteiger partial charge in [-0.05, 0) is 18.4 Å². The van der Waals surface area contributed by atoms with E-state index in [0.29, 0.717) is 13.1 Å². The van der Waals surface area contributed by atoms with Crippen molar-refractivity contribution in [2.45, 2.75) is 44.4 Å². The molecular formula is C21H26F21N3O4. The first-order valence-electron chi connectivity index (χ1n) is 11.4. The Kier molecular flexibility index (Phi) is 47.3. The lowest BCUT2D eigenvalue weighted by atomic mass is 9.99. The molecular weight excluding hydrogens is 757 g/mol. The Hall–Kier alpha value is -4.01. The van der Waals surface area contributed by atoms with Gasteiger partial charge in [0.1, 0.15) is 17.4 Å². The van der Waals surface area contributed by atoms with Gasteiger partial charge in [0, 0.05) is 114 Å². The van der Waals surface area contributed by atoms with Crippen LogP contribution in [0, 0.1) is 11.7 Å². The van der Waals surface area contributed by atoms with Crippen molar-refractivity contribution in [3.05, 3.63) is 33.9 Å². The highest BCUT2D eigenvalue weighted by Crippen LogP contribution is 2.46. The summed E-state index contributed by atoms with van der Waals surface area (Å²) in [6.45, 7) is 3.03. The lowest BCUT2D eigenvalue weighted by molar-refractivity contribution is 0.0694. The van der Waals surface area contributed by atoms with Gasteiger partial charge in [0.2, 0.25) is 5.43 Å². The summed E-state index contributed by atoms with van der Waals surface area (Å²) < 4.78 is 180. The maximum Gasteiger partial charge on any atom is 0.341 e. The number of fused-ring (bicyclic) bond motifs is 1. The number of carboxylic acid groups (broad SMARTS) is 1. The molecule has 0 spiro atoms. The third kappa shape index (κ3) is 17.3. The van der Waals surface area contributed by atoms with Gasteiger partial charge in [-0.3, -0.25) is 9.50 Å². The molecule has 2 aliphatic rings. The van der Waals surface area contributed by atoms with Crippen molar-refractivity contribution in [1.29, 1.82) is 0 Å². The molecule has 49 heavy (non-hydrogen) atoms. The van der Waals surface area contributed by atoms with Gasteiger partial charge < -0.3 is 25.0 Å². The van der Waals surface area contributed by atoms with E-state index < -0.39 is 35.0 Å². The highest BCUT2D eigenvalue weighted by molar-refractivity contribution is 5.97. The number of anilines is 1. The standard InChI is InChI=1S/C21H25F2N3O4.9F2.FH/c1-3-4-10-7-25(9-15(10)24)18-14(23)5-11-17(20(18)30-2)26(16-6-13(16)22)8-12(19(11)27)21(28)29;9*1-2;/h5,8,10,13,15-16H,3-4,6-7,9,24H2,1-2H3,(H,28,29);;;;;;;;;;1H/t10-,13-,15+,16+;;;;;;;;;;/m0........../s1. The van der Waals surface area contributed by atoms with E-state index in [1.54, 1.807) is 4.90 Å². The second-order valence-corrected chi connectivity index (χ2v) is 8.16. The van der Waals surface area contributed by atoms with Crippen molar-refractivity contribution in [3.8, 4) is 5.75 Å². The molecule has 0 bridgehead atoms. The van der Waals surface area contributed by atoms with Crippen LogP contribution in [0.3, 0.4) is 0 Å². The Morgan fingerprint density at radius 1 is 0.898 bits per heavy atom. The fourth-order valence-electron chi connectivity index (χ4n) is 4.54. The van der Waals surface area contributed by atoms with E-state index >= 15 is 4.39 Å². The Balaban J connectivity index is -0.000000162. The number of alkyl halides is 1. The second-order valence-electron chi connectivity index (χ2n) is 8.16. The van der Waals surface area contributed by atoms with E-state index in [1.165, 1.54) is 11.7 Å². The van der Waals surface area contributed by atoms with Crippen LogP contribution in [-0.2, 0) is 0 Å². The molecule has 1 aliphatic carbocycles. The molecule has 296 valence electrons. The number of aromatic nitrogens is 1. The number of halogens is 21. The Labute approximate surface area is 259 Å². The largest absolute Gasteiger partial charge is 0.492 e. The number of benzene rings is 1. The number of rotatable bonds is 6. The first-order valence-corrected chi connectivity index (χ1v) is 11.4. The number of pyridine rings is 1. The quantitative estimate of drug-likeness (QED) is 0.283. The number of hydrogen-bond donors (Lipinski definition) is 2. The molecule has 2 fully saturated rings. The lowest BCUT2D eigenvalue weighted by Gasteiger charge is -2.24. The molecule has 4 rings (SSSR count). The molecule has 1 aromatic carbocycles. The summed E-state index contributed by atoms with van der Waals surface area (Å²) in [6, 6.07) is 0.291. The fraction of sp³-hybridized carbons (Fsp3) is 0.524. The molecule has 0 radical (unpaired) electrons. The maximum atomic E-state index is 15.3. The van der Waals surface area contributed by atoms with Gasteiger partial charge in [0.25, 0.3) is 0 Å². The molecule has 28 heteroatoms. The molecule has 4 atom stereocenters. The van der Waals surface area contributed by atoms with Gasteiger partial charge in [0.15, 0.2) is 11.6 Å². The molecule has 2 aromatic rings. The van der Waals surface area contributed by atoms with E-state index in [2.05, 4.69) is 6.92 Å². The Morgan fingerprint density at radius 2 is 1.33 bits per heavy atom. The van der Waals surface area contributed by atoms with E-state index in [1.807, 2.05) is 0 Å². The van der Waals surface area contributed by atoms with Crippen molar-refractivity contribution in [2.24, 2.45) is 11.7 Å².